The van der Waals surface area contributed by atoms with Gasteiger partial charge in [-0.25, -0.2) is 4.98 Å². The number of aryl methyl sites for hydroxylation is 1. The molecule has 0 radical (unpaired) electrons. The van der Waals surface area contributed by atoms with Crippen LogP contribution in [0, 0.1) is 0 Å². The fourth-order valence-electron chi connectivity index (χ4n) is 1.09. The number of alkyl halides is 2. The summed E-state index contributed by atoms with van der Waals surface area (Å²) in [5.74, 6) is -2.67. The number of nitrogens with zero attached hydrogens (tertiary/aromatic N) is 3. The Hall–Kier alpha value is -1.00. The highest BCUT2D eigenvalue weighted by Gasteiger charge is 2.30. The lowest BCUT2D eigenvalue weighted by Crippen LogP contribution is -2.10. The van der Waals surface area contributed by atoms with Crippen molar-refractivity contribution in [3.05, 3.63) is 11.6 Å². The van der Waals surface area contributed by atoms with Gasteiger partial charge in [-0.3, -0.25) is 4.68 Å². The molecule has 1 aromatic rings. The number of hydrogen-bond donors (Lipinski definition) is 0. The second kappa shape index (κ2) is 3.05. The Balaban J connectivity index is 3.10. The van der Waals surface area contributed by atoms with Gasteiger partial charge in [-0.1, -0.05) is 13.8 Å². The quantitative estimate of drug-likeness (QED) is 0.712. The molecule has 0 aliphatic carbocycles. The van der Waals surface area contributed by atoms with E-state index in [4.69, 9.17) is 0 Å². The Kier molecular flexibility index (Phi) is 2.36. The zero-order valence-electron chi connectivity index (χ0n) is 8.17. The summed E-state index contributed by atoms with van der Waals surface area (Å²) in [7, 11) is 1.62. The molecule has 0 saturated heterocycles. The maximum atomic E-state index is 12.8. The molecule has 0 aliphatic heterocycles. The maximum absolute atomic E-state index is 12.8. The molecule has 0 unspecified atom stereocenters. The van der Waals surface area contributed by atoms with Crippen molar-refractivity contribution in [2.45, 2.75) is 32.6 Å². The minimum Gasteiger partial charge on any atom is -0.252 e. The Labute approximate surface area is 75.8 Å². The minimum absolute atomic E-state index is 0.105. The Morgan fingerprint density at radius 2 is 1.92 bits per heavy atom. The second-order valence-corrected chi connectivity index (χ2v) is 3.46. The van der Waals surface area contributed by atoms with Gasteiger partial charge in [0.2, 0.25) is 5.82 Å². The van der Waals surface area contributed by atoms with Crippen molar-refractivity contribution < 1.29 is 8.78 Å². The van der Waals surface area contributed by atoms with E-state index >= 15 is 0 Å². The summed E-state index contributed by atoms with van der Waals surface area (Å²) < 4.78 is 26.9. The predicted molar refractivity (Wildman–Crippen MR) is 44.7 cm³/mol. The third kappa shape index (κ3) is 2.02. The smallest absolute Gasteiger partial charge is 0.252 e. The lowest BCUT2D eigenvalue weighted by Gasteiger charge is -2.02. The third-order valence-corrected chi connectivity index (χ3v) is 1.71. The zero-order valence-corrected chi connectivity index (χ0v) is 8.17. The van der Waals surface area contributed by atoms with Crippen LogP contribution in [-0.2, 0) is 13.0 Å². The molecule has 0 N–H and O–H groups in total. The molecular weight excluding hydrogens is 176 g/mol. The van der Waals surface area contributed by atoms with Gasteiger partial charge in [-0.2, -0.15) is 8.78 Å². The molecule has 0 amide bonds. The maximum Gasteiger partial charge on any atom is 0.305 e. The van der Waals surface area contributed by atoms with Crippen molar-refractivity contribution in [3.8, 4) is 0 Å². The van der Waals surface area contributed by atoms with E-state index in [0.29, 0.717) is 5.82 Å². The van der Waals surface area contributed by atoms with Gasteiger partial charge in [0.25, 0.3) is 0 Å². The Morgan fingerprint density at radius 3 is 2.15 bits per heavy atom. The summed E-state index contributed by atoms with van der Waals surface area (Å²) in [6, 6.07) is 0. The van der Waals surface area contributed by atoms with Crippen molar-refractivity contribution in [3.63, 3.8) is 0 Å². The molecule has 0 aliphatic rings. The van der Waals surface area contributed by atoms with Gasteiger partial charge < -0.3 is 0 Å². The summed E-state index contributed by atoms with van der Waals surface area (Å²) in [4.78, 5) is 3.78. The van der Waals surface area contributed by atoms with Crippen molar-refractivity contribution in [2.24, 2.45) is 7.05 Å². The summed E-state index contributed by atoms with van der Waals surface area (Å²) in [5.41, 5.74) is 0. The lowest BCUT2D eigenvalue weighted by molar-refractivity contribution is 0.00761. The Bertz CT molecular complexity index is 299. The van der Waals surface area contributed by atoms with Crippen molar-refractivity contribution in [1.82, 2.24) is 14.8 Å². The van der Waals surface area contributed by atoms with Crippen LogP contribution in [-0.4, -0.2) is 14.8 Å². The molecule has 0 spiro atoms. The van der Waals surface area contributed by atoms with Crippen LogP contribution in [0.5, 0.6) is 0 Å². The average Bonchev–Trinajstić information content (AvgIpc) is 2.29. The molecule has 1 heterocycles. The van der Waals surface area contributed by atoms with E-state index < -0.39 is 11.7 Å². The van der Waals surface area contributed by atoms with Crippen LogP contribution in [0.4, 0.5) is 8.78 Å². The van der Waals surface area contributed by atoms with E-state index in [2.05, 4.69) is 10.1 Å². The van der Waals surface area contributed by atoms with Gasteiger partial charge in [0.15, 0.2) is 0 Å². The first-order valence-electron chi connectivity index (χ1n) is 4.11. The molecule has 1 aromatic heterocycles. The number of rotatable bonds is 2. The van der Waals surface area contributed by atoms with Crippen LogP contribution in [0.1, 0.15) is 38.3 Å². The highest BCUT2D eigenvalue weighted by molar-refractivity contribution is 5.01. The van der Waals surface area contributed by atoms with Gasteiger partial charge in [0.1, 0.15) is 5.82 Å². The van der Waals surface area contributed by atoms with E-state index in [1.54, 1.807) is 7.05 Å². The number of aromatic nitrogens is 3. The topological polar surface area (TPSA) is 30.7 Å². The summed E-state index contributed by atoms with van der Waals surface area (Å²) in [6.45, 7) is 4.58. The van der Waals surface area contributed by atoms with Gasteiger partial charge >= 0.3 is 5.92 Å². The molecule has 74 valence electrons. The molecule has 13 heavy (non-hydrogen) atoms. The van der Waals surface area contributed by atoms with Crippen LogP contribution in [0.3, 0.4) is 0 Å². The molecule has 0 fully saturated rings. The van der Waals surface area contributed by atoms with E-state index in [0.717, 1.165) is 6.92 Å². The fraction of sp³-hybridized carbons (Fsp3) is 0.750. The predicted octanol–water partition coefficient (Wildman–Crippen LogP) is 2.05. The van der Waals surface area contributed by atoms with E-state index in [1.165, 1.54) is 4.68 Å². The van der Waals surface area contributed by atoms with Crippen LogP contribution in [0.15, 0.2) is 0 Å². The number of hydrogen-bond acceptors (Lipinski definition) is 2. The van der Waals surface area contributed by atoms with E-state index in [-0.39, 0.29) is 5.92 Å². The van der Waals surface area contributed by atoms with Crippen molar-refractivity contribution in [1.29, 1.82) is 0 Å². The van der Waals surface area contributed by atoms with Crippen LogP contribution in [0.2, 0.25) is 0 Å². The molecule has 0 bridgehead atoms. The first kappa shape index (κ1) is 10.1. The standard InChI is InChI=1S/C8H13F2N3/c1-5(2)6-11-7(8(3,9)10)12-13(6)4/h5H,1-4H3. The van der Waals surface area contributed by atoms with Crippen LogP contribution in [0.25, 0.3) is 0 Å². The minimum atomic E-state index is -2.95. The molecule has 0 aromatic carbocycles. The normalized spacial score (nSPS) is 12.5. The molecule has 0 saturated carbocycles. The SMILES string of the molecule is CC(C)c1nc(C(C)(F)F)nn1C. The zero-order chi connectivity index (χ0) is 10.2. The largest absolute Gasteiger partial charge is 0.305 e. The van der Waals surface area contributed by atoms with Crippen LogP contribution < -0.4 is 0 Å². The van der Waals surface area contributed by atoms with Crippen LogP contribution >= 0.6 is 0 Å². The molecule has 3 nitrogen and oxygen atoms in total. The highest BCUT2D eigenvalue weighted by atomic mass is 19.3. The van der Waals surface area contributed by atoms with E-state index in [1.807, 2.05) is 13.8 Å². The monoisotopic (exact) mass is 189 g/mol. The summed E-state index contributed by atoms with van der Waals surface area (Å²) in [5, 5.41) is 3.66. The van der Waals surface area contributed by atoms with Gasteiger partial charge in [0.05, 0.1) is 0 Å². The van der Waals surface area contributed by atoms with Crippen molar-refractivity contribution in [2.75, 3.05) is 0 Å². The fourth-order valence-corrected chi connectivity index (χ4v) is 1.09. The van der Waals surface area contributed by atoms with Gasteiger partial charge in [-0.05, 0) is 0 Å². The van der Waals surface area contributed by atoms with E-state index in [9.17, 15) is 8.78 Å². The molecule has 1 rings (SSSR count). The Morgan fingerprint density at radius 1 is 1.38 bits per heavy atom. The second-order valence-electron chi connectivity index (χ2n) is 3.46. The van der Waals surface area contributed by atoms with Gasteiger partial charge in [-0.15, -0.1) is 5.10 Å². The lowest BCUT2D eigenvalue weighted by atomic mass is 10.2. The third-order valence-electron chi connectivity index (χ3n) is 1.71. The molecular formula is C8H13F2N3. The molecule has 5 heteroatoms. The summed E-state index contributed by atoms with van der Waals surface area (Å²) >= 11 is 0. The van der Waals surface area contributed by atoms with Gasteiger partial charge in [0, 0.05) is 19.9 Å². The molecule has 0 atom stereocenters. The average molecular weight is 189 g/mol. The summed E-state index contributed by atoms with van der Waals surface area (Å²) in [6.07, 6.45) is 0. The number of halogens is 2. The highest BCUT2D eigenvalue weighted by Crippen LogP contribution is 2.24. The first-order chi connectivity index (χ1) is 5.82. The first-order valence-corrected chi connectivity index (χ1v) is 4.11. The van der Waals surface area contributed by atoms with Crippen molar-refractivity contribution >= 4 is 0 Å².